The van der Waals surface area contributed by atoms with Crippen LogP contribution in [0.4, 0.5) is 0 Å². The van der Waals surface area contributed by atoms with Crippen molar-refractivity contribution in [3.8, 4) is 0 Å². The Kier molecular flexibility index (Phi) is 5.28. The Labute approximate surface area is 88.7 Å². The zero-order chi connectivity index (χ0) is 12.1. The average Bonchev–Trinajstić information content (AvgIpc) is 2.01. The lowest BCUT2D eigenvalue weighted by atomic mass is 9.75. The number of aliphatic carboxylic acids is 2. The molecule has 5 heteroatoms. The summed E-state index contributed by atoms with van der Waals surface area (Å²) in [7, 11) is 0. The minimum absolute atomic E-state index is 0.0425. The van der Waals surface area contributed by atoms with E-state index in [1.807, 2.05) is 0 Å². The smallest absolute Gasteiger partial charge is 0.318 e. The van der Waals surface area contributed by atoms with Gasteiger partial charge in [0, 0.05) is 6.61 Å². The Balaban J connectivity index is 4.50. The Morgan fingerprint density at radius 1 is 1.13 bits per heavy atom. The number of hydrogen-bond acceptors (Lipinski definition) is 3. The molecule has 15 heavy (non-hydrogen) atoms. The molecule has 0 bridgehead atoms. The molecule has 0 saturated heterocycles. The van der Waals surface area contributed by atoms with Crippen molar-refractivity contribution in [1.29, 1.82) is 0 Å². The van der Waals surface area contributed by atoms with Crippen LogP contribution < -0.4 is 0 Å². The molecule has 0 heterocycles. The maximum absolute atomic E-state index is 10.8. The van der Waals surface area contributed by atoms with Crippen LogP contribution in [0.1, 0.15) is 33.1 Å². The predicted molar refractivity (Wildman–Crippen MR) is 53.5 cm³/mol. The summed E-state index contributed by atoms with van der Waals surface area (Å²) >= 11 is 0. The fourth-order valence-electron chi connectivity index (χ4n) is 1.61. The van der Waals surface area contributed by atoms with Crippen LogP contribution in [0.3, 0.4) is 0 Å². The number of unbranched alkanes of at least 4 members (excludes halogenated alkanes) is 1. The van der Waals surface area contributed by atoms with Gasteiger partial charge in [0.05, 0.1) is 0 Å². The van der Waals surface area contributed by atoms with Crippen molar-refractivity contribution in [3.63, 3.8) is 0 Å². The second-order valence-corrected chi connectivity index (χ2v) is 4.28. The van der Waals surface area contributed by atoms with E-state index in [-0.39, 0.29) is 6.61 Å². The normalized spacial score (nSPS) is 11.7. The first-order valence-electron chi connectivity index (χ1n) is 4.89. The Bertz CT molecular complexity index is 220. The monoisotopic (exact) mass is 218 g/mol. The first kappa shape index (κ1) is 13.9. The lowest BCUT2D eigenvalue weighted by Crippen LogP contribution is -2.37. The molecule has 3 N–H and O–H groups in total. The van der Waals surface area contributed by atoms with Gasteiger partial charge in [0.2, 0.25) is 0 Å². The van der Waals surface area contributed by atoms with E-state index >= 15 is 0 Å². The lowest BCUT2D eigenvalue weighted by molar-refractivity contribution is -0.160. The fraction of sp³-hybridized carbons (Fsp3) is 0.800. The molecule has 0 aromatic carbocycles. The topological polar surface area (TPSA) is 94.8 Å². The molecule has 0 unspecified atom stereocenters. The highest BCUT2D eigenvalue weighted by molar-refractivity contribution is 5.93. The number of aliphatic hydroxyl groups excluding tert-OH is 1. The molecular formula is C10H18O5. The van der Waals surface area contributed by atoms with E-state index in [1.54, 1.807) is 13.8 Å². The van der Waals surface area contributed by atoms with Crippen molar-refractivity contribution in [1.82, 2.24) is 0 Å². The summed E-state index contributed by atoms with van der Waals surface area (Å²) in [6.45, 7) is 3.29. The fourth-order valence-corrected chi connectivity index (χ4v) is 1.61. The van der Waals surface area contributed by atoms with E-state index in [2.05, 4.69) is 0 Å². The third kappa shape index (κ3) is 4.29. The maximum atomic E-state index is 10.8. The van der Waals surface area contributed by atoms with Gasteiger partial charge < -0.3 is 15.3 Å². The number of hydrogen-bond donors (Lipinski definition) is 3. The van der Waals surface area contributed by atoms with Crippen LogP contribution in [-0.2, 0) is 9.59 Å². The van der Waals surface area contributed by atoms with Crippen LogP contribution in [0.15, 0.2) is 0 Å². The second kappa shape index (κ2) is 5.70. The predicted octanol–water partition coefficient (Wildman–Crippen LogP) is 0.961. The number of aliphatic hydroxyl groups is 1. The first-order valence-corrected chi connectivity index (χ1v) is 4.89. The van der Waals surface area contributed by atoms with Gasteiger partial charge >= 0.3 is 11.9 Å². The van der Waals surface area contributed by atoms with Crippen LogP contribution in [0.2, 0.25) is 0 Å². The quantitative estimate of drug-likeness (QED) is 0.437. The highest BCUT2D eigenvalue weighted by atomic mass is 16.4. The summed E-state index contributed by atoms with van der Waals surface area (Å²) in [4.78, 5) is 21.6. The van der Waals surface area contributed by atoms with Crippen molar-refractivity contribution in [2.24, 2.45) is 11.3 Å². The molecule has 0 aromatic rings. The maximum Gasteiger partial charge on any atom is 0.318 e. The van der Waals surface area contributed by atoms with Crippen LogP contribution in [0.5, 0.6) is 0 Å². The van der Waals surface area contributed by atoms with Crippen LogP contribution in [0, 0.1) is 11.3 Å². The first-order chi connectivity index (χ1) is 6.83. The molecular weight excluding hydrogens is 200 g/mol. The molecule has 0 saturated carbocycles. The van der Waals surface area contributed by atoms with Gasteiger partial charge in [-0.2, -0.15) is 0 Å². The standard InChI is InChI=1S/C10H18O5/c1-10(2,5-3-4-6-11)7(8(12)13)9(14)15/h7,11H,3-6H2,1-2H3,(H,12,13)(H,14,15). The van der Waals surface area contributed by atoms with Crippen molar-refractivity contribution in [2.45, 2.75) is 33.1 Å². The largest absolute Gasteiger partial charge is 0.481 e. The van der Waals surface area contributed by atoms with Crippen molar-refractivity contribution in [2.75, 3.05) is 6.61 Å². The Morgan fingerprint density at radius 2 is 1.60 bits per heavy atom. The van der Waals surface area contributed by atoms with Gasteiger partial charge in [-0.15, -0.1) is 0 Å². The van der Waals surface area contributed by atoms with E-state index in [9.17, 15) is 9.59 Å². The van der Waals surface area contributed by atoms with Gasteiger partial charge in [-0.3, -0.25) is 9.59 Å². The molecule has 0 aliphatic carbocycles. The van der Waals surface area contributed by atoms with Crippen molar-refractivity contribution < 1.29 is 24.9 Å². The summed E-state index contributed by atoms with van der Waals surface area (Å²) < 4.78 is 0. The zero-order valence-electron chi connectivity index (χ0n) is 9.06. The highest BCUT2D eigenvalue weighted by Gasteiger charge is 2.40. The molecule has 0 radical (unpaired) electrons. The van der Waals surface area contributed by atoms with E-state index in [0.29, 0.717) is 19.3 Å². The molecule has 0 spiro atoms. The van der Waals surface area contributed by atoms with E-state index in [0.717, 1.165) is 0 Å². The van der Waals surface area contributed by atoms with Gasteiger partial charge in [0.25, 0.3) is 0 Å². The zero-order valence-corrected chi connectivity index (χ0v) is 9.06. The lowest BCUT2D eigenvalue weighted by Gasteiger charge is -2.28. The summed E-state index contributed by atoms with van der Waals surface area (Å²) in [5.74, 6) is -4.01. The summed E-state index contributed by atoms with van der Waals surface area (Å²) in [5.41, 5.74) is -0.799. The SMILES string of the molecule is CC(C)(CCCCO)C(C(=O)O)C(=O)O. The molecule has 5 nitrogen and oxygen atoms in total. The molecule has 0 atom stereocenters. The van der Waals surface area contributed by atoms with Crippen molar-refractivity contribution >= 4 is 11.9 Å². The van der Waals surface area contributed by atoms with Gasteiger partial charge in [-0.25, -0.2) is 0 Å². The van der Waals surface area contributed by atoms with Gasteiger partial charge in [0.1, 0.15) is 0 Å². The molecule has 88 valence electrons. The summed E-state index contributed by atoms with van der Waals surface area (Å²) in [6, 6.07) is 0. The third-order valence-corrected chi connectivity index (χ3v) is 2.50. The minimum Gasteiger partial charge on any atom is -0.481 e. The van der Waals surface area contributed by atoms with E-state index in [4.69, 9.17) is 15.3 Å². The number of carboxylic acid groups (broad SMARTS) is 2. The third-order valence-electron chi connectivity index (χ3n) is 2.50. The number of carbonyl (C=O) groups is 2. The highest BCUT2D eigenvalue weighted by Crippen LogP contribution is 2.33. The van der Waals surface area contributed by atoms with Gasteiger partial charge in [-0.1, -0.05) is 20.3 Å². The van der Waals surface area contributed by atoms with Crippen LogP contribution in [0.25, 0.3) is 0 Å². The molecule has 0 aliphatic rings. The molecule has 0 aliphatic heterocycles. The van der Waals surface area contributed by atoms with Gasteiger partial charge in [-0.05, 0) is 18.3 Å². The van der Waals surface area contributed by atoms with E-state index in [1.165, 1.54) is 0 Å². The second-order valence-electron chi connectivity index (χ2n) is 4.28. The van der Waals surface area contributed by atoms with Crippen molar-refractivity contribution in [3.05, 3.63) is 0 Å². The summed E-state index contributed by atoms with van der Waals surface area (Å²) in [5, 5.41) is 26.2. The molecule has 0 rings (SSSR count). The molecule has 0 aromatic heterocycles. The Hall–Kier alpha value is -1.10. The molecule has 0 fully saturated rings. The minimum atomic E-state index is -1.39. The summed E-state index contributed by atoms with van der Waals surface area (Å²) in [6.07, 6.45) is 1.66. The van der Waals surface area contributed by atoms with E-state index < -0.39 is 23.3 Å². The average molecular weight is 218 g/mol. The Morgan fingerprint density at radius 3 is 1.93 bits per heavy atom. The number of rotatable bonds is 7. The number of carboxylic acids is 2. The van der Waals surface area contributed by atoms with Crippen LogP contribution >= 0.6 is 0 Å². The van der Waals surface area contributed by atoms with Gasteiger partial charge in [0.15, 0.2) is 5.92 Å². The van der Waals surface area contributed by atoms with Crippen LogP contribution in [-0.4, -0.2) is 33.9 Å². The molecule has 0 amide bonds.